The van der Waals surface area contributed by atoms with E-state index in [0.29, 0.717) is 0 Å². The average Bonchev–Trinajstić information content (AvgIpc) is 3.53. The molecule has 0 amide bonds. The van der Waals surface area contributed by atoms with Crippen molar-refractivity contribution in [3.63, 3.8) is 0 Å². The molecule has 1 atom stereocenters. The Kier molecular flexibility index (Phi) is 5.11. The molecule has 3 aromatic rings. The third-order valence-corrected chi connectivity index (χ3v) is 5.90. The number of hydrogen-bond acceptors (Lipinski definition) is 6. The van der Waals surface area contributed by atoms with Crippen LogP contribution >= 0.6 is 0 Å². The molecule has 2 aromatic heterocycles. The molecule has 1 aromatic carbocycles. The first-order valence-electron chi connectivity index (χ1n) is 10.6. The number of nitrogens with zero attached hydrogens (tertiary/aromatic N) is 4. The molecule has 0 saturated heterocycles. The summed E-state index contributed by atoms with van der Waals surface area (Å²) >= 11 is 0. The van der Waals surface area contributed by atoms with Crippen molar-refractivity contribution >= 4 is 17.2 Å². The van der Waals surface area contributed by atoms with Gasteiger partial charge in [-0.3, -0.25) is 0 Å². The van der Waals surface area contributed by atoms with Crippen molar-refractivity contribution in [2.75, 3.05) is 19.5 Å². The lowest BCUT2D eigenvalue weighted by molar-refractivity contribution is 0.0181. The topological polar surface area (TPSA) is 77.9 Å². The van der Waals surface area contributed by atoms with E-state index in [2.05, 4.69) is 52.3 Å². The number of pyridine rings is 1. The maximum Gasteiger partial charge on any atom is 0.240 e. The maximum atomic E-state index is 5.97. The molecule has 2 aliphatic rings. The van der Waals surface area contributed by atoms with Crippen LogP contribution in [0.4, 0.5) is 5.95 Å². The van der Waals surface area contributed by atoms with Gasteiger partial charge in [-0.1, -0.05) is 18.2 Å². The van der Waals surface area contributed by atoms with Crippen LogP contribution in [-0.2, 0) is 11.3 Å². The van der Waals surface area contributed by atoms with E-state index in [0.717, 1.165) is 47.3 Å². The van der Waals surface area contributed by atoms with Gasteiger partial charge in [0.05, 0.1) is 6.61 Å². The van der Waals surface area contributed by atoms with E-state index in [1.165, 1.54) is 18.4 Å². The van der Waals surface area contributed by atoms with Gasteiger partial charge in [0.2, 0.25) is 5.95 Å². The van der Waals surface area contributed by atoms with Crippen molar-refractivity contribution < 1.29 is 9.47 Å². The zero-order chi connectivity index (χ0) is 21.4. The minimum absolute atomic E-state index is 0.132. The van der Waals surface area contributed by atoms with Crippen LogP contribution in [0.1, 0.15) is 30.9 Å². The molecule has 1 aliphatic carbocycles. The fraction of sp³-hybridized carbons (Fsp3) is 0.333. The first-order chi connectivity index (χ1) is 15.1. The summed E-state index contributed by atoms with van der Waals surface area (Å²) in [5, 5.41) is 4.16. The van der Waals surface area contributed by atoms with Crippen molar-refractivity contribution in [3.8, 4) is 5.75 Å². The van der Waals surface area contributed by atoms with Crippen molar-refractivity contribution in [3.05, 3.63) is 71.6 Å². The Labute approximate surface area is 181 Å². The highest BCUT2D eigenvalue weighted by Crippen LogP contribution is 2.32. The summed E-state index contributed by atoms with van der Waals surface area (Å²) in [4.78, 5) is 6.55. The van der Waals surface area contributed by atoms with Gasteiger partial charge in [0.25, 0.3) is 0 Å². The van der Waals surface area contributed by atoms with Gasteiger partial charge < -0.3 is 20.1 Å². The number of ether oxygens (including phenoxy) is 2. The van der Waals surface area contributed by atoms with Crippen LogP contribution in [0, 0.1) is 5.92 Å². The van der Waals surface area contributed by atoms with Crippen LogP contribution < -0.4 is 10.5 Å². The second-order valence-corrected chi connectivity index (χ2v) is 8.20. The molecule has 0 radical (unpaired) electrons. The molecule has 1 fully saturated rings. The number of hydrogen-bond donors (Lipinski definition) is 1. The number of benzene rings is 1. The first kappa shape index (κ1) is 19.6. The highest BCUT2D eigenvalue weighted by Gasteiger charge is 2.24. The van der Waals surface area contributed by atoms with E-state index in [-0.39, 0.29) is 12.2 Å². The number of rotatable bonds is 7. The lowest BCUT2D eigenvalue weighted by Gasteiger charge is -2.35. The van der Waals surface area contributed by atoms with Crippen LogP contribution in [0.5, 0.6) is 5.75 Å². The zero-order valence-electron chi connectivity index (χ0n) is 17.9. The summed E-state index contributed by atoms with van der Waals surface area (Å²) in [7, 11) is 1.74. The van der Waals surface area contributed by atoms with E-state index < -0.39 is 0 Å². The van der Waals surface area contributed by atoms with Crippen LogP contribution in [0.25, 0.3) is 11.2 Å². The molecule has 160 valence electrons. The zero-order valence-corrected chi connectivity index (χ0v) is 17.9. The SMILES string of the molecule is COC1C=CC(c2ccn3nc(N)nc3c2)=C(C)N1Cc1cccc(OCC2CC2)c1. The Morgan fingerprint density at radius 1 is 1.19 bits per heavy atom. The number of allylic oxidation sites excluding steroid dienone is 3. The monoisotopic (exact) mass is 417 g/mol. The van der Waals surface area contributed by atoms with Crippen LogP contribution in [0.15, 0.2) is 60.4 Å². The Hall–Kier alpha value is -3.32. The molecule has 1 saturated carbocycles. The smallest absolute Gasteiger partial charge is 0.240 e. The number of nitrogen functional groups attached to an aromatic ring is 1. The highest BCUT2D eigenvalue weighted by molar-refractivity contribution is 5.78. The molecule has 5 rings (SSSR count). The molecule has 7 nitrogen and oxygen atoms in total. The fourth-order valence-electron chi connectivity index (χ4n) is 3.96. The van der Waals surface area contributed by atoms with E-state index in [9.17, 15) is 0 Å². The lowest BCUT2D eigenvalue weighted by Crippen LogP contribution is -2.35. The Morgan fingerprint density at radius 3 is 2.87 bits per heavy atom. The van der Waals surface area contributed by atoms with Crippen LogP contribution in [0.3, 0.4) is 0 Å². The van der Waals surface area contributed by atoms with Crippen molar-refractivity contribution in [2.24, 2.45) is 5.92 Å². The first-order valence-corrected chi connectivity index (χ1v) is 10.6. The second kappa shape index (κ2) is 8.07. The van der Waals surface area contributed by atoms with E-state index >= 15 is 0 Å². The molecule has 31 heavy (non-hydrogen) atoms. The molecule has 2 N–H and O–H groups in total. The Balaban J connectivity index is 1.42. The summed E-state index contributed by atoms with van der Waals surface area (Å²) in [5.74, 6) is 1.94. The van der Waals surface area contributed by atoms with Crippen molar-refractivity contribution in [1.82, 2.24) is 19.5 Å². The third-order valence-electron chi connectivity index (χ3n) is 5.90. The molecule has 0 spiro atoms. The summed E-state index contributed by atoms with van der Waals surface area (Å²) in [5.41, 5.74) is 11.0. The predicted molar refractivity (Wildman–Crippen MR) is 120 cm³/mol. The van der Waals surface area contributed by atoms with Gasteiger partial charge in [-0.15, -0.1) is 5.10 Å². The second-order valence-electron chi connectivity index (χ2n) is 8.20. The van der Waals surface area contributed by atoms with Crippen LogP contribution in [0.2, 0.25) is 0 Å². The minimum Gasteiger partial charge on any atom is -0.493 e. The van der Waals surface area contributed by atoms with Gasteiger partial charge in [-0.25, -0.2) is 4.52 Å². The van der Waals surface area contributed by atoms with E-state index in [4.69, 9.17) is 15.2 Å². The van der Waals surface area contributed by atoms with Gasteiger partial charge in [-0.2, -0.15) is 4.98 Å². The van der Waals surface area contributed by atoms with Crippen molar-refractivity contribution in [1.29, 1.82) is 0 Å². The van der Waals surface area contributed by atoms with Gasteiger partial charge in [-0.05, 0) is 67.2 Å². The molecule has 3 heterocycles. The van der Waals surface area contributed by atoms with E-state index in [1.807, 2.05) is 24.4 Å². The molecule has 1 aliphatic heterocycles. The molecule has 1 unspecified atom stereocenters. The van der Waals surface area contributed by atoms with Crippen molar-refractivity contribution in [2.45, 2.75) is 32.5 Å². The number of fused-ring (bicyclic) bond motifs is 1. The third kappa shape index (κ3) is 4.14. The Morgan fingerprint density at radius 2 is 2.06 bits per heavy atom. The summed E-state index contributed by atoms with van der Waals surface area (Å²) in [6, 6.07) is 12.4. The predicted octanol–water partition coefficient (Wildman–Crippen LogP) is 3.88. The summed E-state index contributed by atoms with van der Waals surface area (Å²) in [6.45, 7) is 3.66. The van der Waals surface area contributed by atoms with Gasteiger partial charge >= 0.3 is 0 Å². The van der Waals surface area contributed by atoms with Gasteiger partial charge in [0.15, 0.2) is 5.65 Å². The molecule has 0 bridgehead atoms. The van der Waals surface area contributed by atoms with E-state index in [1.54, 1.807) is 11.6 Å². The summed E-state index contributed by atoms with van der Waals surface area (Å²) in [6.07, 6.45) is 8.52. The van der Waals surface area contributed by atoms with Gasteiger partial charge in [0, 0.05) is 31.1 Å². The maximum absolute atomic E-state index is 5.97. The number of methoxy groups -OCH3 is 1. The number of nitrogens with two attached hydrogens (primary N) is 1. The normalized spacial score (nSPS) is 18.8. The Bertz CT molecular complexity index is 1160. The minimum atomic E-state index is -0.132. The quantitative estimate of drug-likeness (QED) is 0.629. The molecule has 7 heteroatoms. The number of aromatic nitrogens is 3. The van der Waals surface area contributed by atoms with Gasteiger partial charge in [0.1, 0.15) is 12.0 Å². The summed E-state index contributed by atoms with van der Waals surface area (Å²) < 4.78 is 13.4. The highest BCUT2D eigenvalue weighted by atomic mass is 16.5. The largest absolute Gasteiger partial charge is 0.493 e. The fourth-order valence-corrected chi connectivity index (χ4v) is 3.96. The average molecular weight is 418 g/mol. The standard InChI is InChI=1S/C24H27N5O2/c1-16-21(19-10-11-29-22(13-19)26-24(25)27-29)8-9-23(30-2)28(16)14-18-4-3-5-20(12-18)31-15-17-6-7-17/h3-5,8-13,17,23H,6-7,14-15H2,1-2H3,(H2,25,27). The lowest BCUT2D eigenvalue weighted by atomic mass is 10.00. The molecular weight excluding hydrogens is 390 g/mol. The molecular formula is C24H27N5O2. The number of anilines is 1. The van der Waals surface area contributed by atoms with Crippen LogP contribution in [-0.4, -0.2) is 39.4 Å².